The van der Waals surface area contributed by atoms with Crippen LogP contribution in [0.25, 0.3) is 22.5 Å². The van der Waals surface area contributed by atoms with Crippen LogP contribution in [0.15, 0.2) is 113 Å². The Balaban J connectivity index is 1.04. The van der Waals surface area contributed by atoms with E-state index in [0.717, 1.165) is 90.8 Å². The number of aromatic nitrogens is 4. The van der Waals surface area contributed by atoms with Gasteiger partial charge < -0.3 is 65.7 Å². The predicted molar refractivity (Wildman–Crippen MR) is 312 cm³/mol. The maximum absolute atomic E-state index is 14.7. The molecule has 4 aromatic carbocycles. The summed E-state index contributed by atoms with van der Waals surface area (Å²) in [5.41, 5.74) is 12.6. The van der Waals surface area contributed by atoms with Crippen LogP contribution in [0.3, 0.4) is 0 Å². The molecule has 0 N–H and O–H groups in total. The highest BCUT2D eigenvalue weighted by Gasteiger charge is 2.25. The fourth-order valence-corrected chi connectivity index (χ4v) is 10.4. The number of aliphatic imine (C=N–C) groups is 1. The summed E-state index contributed by atoms with van der Waals surface area (Å²) in [6.45, 7) is 20.8. The van der Waals surface area contributed by atoms with E-state index in [-0.39, 0.29) is 0 Å². The van der Waals surface area contributed by atoms with E-state index in [2.05, 4.69) is 75.3 Å². The molecule has 425 valence electrons. The van der Waals surface area contributed by atoms with E-state index in [1.165, 1.54) is 0 Å². The van der Waals surface area contributed by atoms with Crippen molar-refractivity contribution in [2.75, 3.05) is 140 Å². The Morgan fingerprint density at radius 3 is 1.77 bits per heavy atom. The Bertz CT molecular complexity index is 3050. The van der Waals surface area contributed by atoms with Crippen LogP contribution in [0.4, 0.5) is 25.7 Å². The van der Waals surface area contributed by atoms with Crippen molar-refractivity contribution in [3.8, 4) is 34.2 Å². The fraction of sp³-hybridized carbons (Fsp3) is 0.426. The predicted octanol–water partition coefficient (Wildman–Crippen LogP) is 10.0. The number of hydrogen-bond donors (Lipinski definition) is 0. The smallest absolute Gasteiger partial charge is 0.341 e. The van der Waals surface area contributed by atoms with Crippen LogP contribution in [0, 0.1) is 27.7 Å². The first-order chi connectivity index (χ1) is 38.9. The summed E-state index contributed by atoms with van der Waals surface area (Å²) in [6, 6.07) is 28.2. The molecule has 3 aliphatic heterocycles. The molecule has 1 fully saturated rings. The van der Waals surface area contributed by atoms with E-state index in [1.807, 2.05) is 75.5 Å². The van der Waals surface area contributed by atoms with Gasteiger partial charge in [0.25, 0.3) is 0 Å². The van der Waals surface area contributed by atoms with Gasteiger partial charge in [0.2, 0.25) is 0 Å². The van der Waals surface area contributed by atoms with E-state index >= 15 is 0 Å². The van der Waals surface area contributed by atoms with Crippen LogP contribution >= 0.6 is 0 Å². The van der Waals surface area contributed by atoms with Crippen molar-refractivity contribution in [2.24, 2.45) is 4.99 Å². The Morgan fingerprint density at radius 1 is 0.613 bits per heavy atom. The van der Waals surface area contributed by atoms with Crippen molar-refractivity contribution < 1.29 is 46.5 Å². The third-order valence-corrected chi connectivity index (χ3v) is 14.4. The molecule has 0 spiro atoms. The maximum Gasteiger partial charge on any atom is 0.341 e. The lowest BCUT2D eigenvalue weighted by Crippen LogP contribution is -2.34. The normalized spacial score (nSPS) is 17.4. The van der Waals surface area contributed by atoms with Gasteiger partial charge in [-0.3, -0.25) is 4.99 Å². The number of anilines is 3. The monoisotopic (exact) mass is 1100 g/mol. The quantitative estimate of drug-likeness (QED) is 0.0734. The zero-order valence-electron chi connectivity index (χ0n) is 47.3. The molecule has 9 rings (SSSR count). The molecule has 0 amide bonds. The number of hydrogen-bond acceptors (Lipinski definition) is 14. The Hall–Kier alpha value is -7.03. The molecule has 19 heteroatoms. The zero-order chi connectivity index (χ0) is 56.0. The third kappa shape index (κ3) is 14.5. The molecule has 80 heavy (non-hydrogen) atoms. The number of fused-ring (bicyclic) bond motifs is 13. The molecular weight excluding hydrogens is 1020 g/mol. The van der Waals surface area contributed by atoms with Gasteiger partial charge >= 0.3 is 7.40 Å². The van der Waals surface area contributed by atoms with Crippen LogP contribution in [0.5, 0.6) is 17.2 Å². The van der Waals surface area contributed by atoms with E-state index < -0.39 is 7.40 Å². The summed E-state index contributed by atoms with van der Waals surface area (Å²) in [7, 11) is -1.07. The molecule has 1 radical (unpaired) electrons. The van der Waals surface area contributed by atoms with Crippen molar-refractivity contribution in [1.29, 1.82) is 0 Å². The van der Waals surface area contributed by atoms with Gasteiger partial charge in [0.1, 0.15) is 42.8 Å². The molecule has 0 unspecified atom stereocenters. The molecule has 16 nitrogen and oxygen atoms in total. The first-order valence-corrected chi connectivity index (χ1v) is 27.7. The molecule has 0 aliphatic carbocycles. The lowest BCUT2D eigenvalue weighted by atomic mass is 9.93. The van der Waals surface area contributed by atoms with Crippen LogP contribution in [0.1, 0.15) is 53.9 Å². The van der Waals surface area contributed by atoms with Crippen molar-refractivity contribution in [1.82, 2.24) is 19.5 Å². The molecule has 0 atom stereocenters. The van der Waals surface area contributed by atoms with Gasteiger partial charge in [-0.1, -0.05) is 41.6 Å². The van der Waals surface area contributed by atoms with Crippen LogP contribution in [-0.2, 0) is 23.7 Å². The second-order valence-electron chi connectivity index (χ2n) is 20.3. The maximum atomic E-state index is 14.7. The average Bonchev–Trinajstić information content (AvgIpc) is 4.28. The van der Waals surface area contributed by atoms with Gasteiger partial charge in [0.15, 0.2) is 0 Å². The highest BCUT2D eigenvalue weighted by atomic mass is 19.2. The second-order valence-corrected chi connectivity index (χ2v) is 20.3. The topological polar surface area (TPSA) is 132 Å². The van der Waals surface area contributed by atoms with Gasteiger partial charge in [-0.15, -0.1) is 5.10 Å². The van der Waals surface area contributed by atoms with E-state index in [4.69, 9.17) is 42.9 Å². The van der Waals surface area contributed by atoms with Gasteiger partial charge in [-0.2, -0.15) is 0 Å². The molecule has 1 saturated heterocycles. The summed E-state index contributed by atoms with van der Waals surface area (Å²) in [5.74, 6) is 2.17. The number of methoxy groups -OCH3 is 1. The fourth-order valence-electron chi connectivity index (χ4n) is 10.4. The highest BCUT2D eigenvalue weighted by molar-refractivity contribution is 6.41. The largest absolute Gasteiger partial charge is 0.490 e. The molecule has 3 aliphatic rings. The SMILES string of the molecule is COCCOc1cc(-n2cc(-c3ccc(/C(=C4/N=C(C)C=C4C)c4c(C)cc(C)n4[B-](F)F)cc3)nn2)ccc1N1CCOc2cc(C)ccc2N2CCCOCCOCCN(CCOCCOCC2)c2ccc(C)cc2OCC1. The first-order valence-electron chi connectivity index (χ1n) is 27.7. The summed E-state index contributed by atoms with van der Waals surface area (Å²) < 4.78 is 82.3. The van der Waals surface area contributed by atoms with E-state index in [9.17, 15) is 8.63 Å². The second kappa shape index (κ2) is 27.9. The van der Waals surface area contributed by atoms with E-state index in [1.54, 1.807) is 24.8 Å². The Kier molecular flexibility index (Phi) is 20.1. The minimum Gasteiger partial charge on any atom is -0.490 e. The first kappa shape index (κ1) is 57.7. The molecule has 0 saturated carbocycles. The number of aryl methyl sites for hydroxylation is 4. The summed E-state index contributed by atoms with van der Waals surface area (Å²) in [6.07, 6.45) is 4.66. The summed E-state index contributed by atoms with van der Waals surface area (Å²) in [4.78, 5) is 11.6. The number of halogens is 2. The number of benzene rings is 4. The number of rotatable bonds is 10. The summed E-state index contributed by atoms with van der Waals surface area (Å²) in [5, 5.41) is 9.20. The van der Waals surface area contributed by atoms with Crippen LogP contribution < -0.4 is 28.9 Å². The minimum atomic E-state index is -2.72. The molecule has 2 bridgehead atoms. The zero-order valence-corrected chi connectivity index (χ0v) is 47.3. The van der Waals surface area contributed by atoms with Crippen molar-refractivity contribution >= 4 is 35.7 Å². The number of ether oxygens (including phenoxy) is 8. The van der Waals surface area contributed by atoms with Gasteiger partial charge in [-0.25, -0.2) is 4.68 Å². The molecule has 5 heterocycles. The van der Waals surface area contributed by atoms with Gasteiger partial charge in [0, 0.05) is 68.5 Å². The van der Waals surface area contributed by atoms with Gasteiger partial charge in [-0.05, 0) is 130 Å². The molecular formula is C61H75BF2N8O8-. The summed E-state index contributed by atoms with van der Waals surface area (Å²) >= 11 is 0. The highest BCUT2D eigenvalue weighted by Crippen LogP contribution is 2.39. The molecule has 2 aromatic heterocycles. The lowest BCUT2D eigenvalue weighted by molar-refractivity contribution is 0.0484. The standard InChI is InChI=1S/C61H75BF2N8O8/c1-43-9-16-53-56(37-43)78-29-23-70(24-30-79-57-38-44(2)10-17-54(57)69-21-27-76-33-32-74-25-8-19-68(53)20-26-75-34-35-77-28-22-69)55-18-15-51(41-58(55)80-36-31-73-7)71-42-52(66-67-71)49-11-13-50(14-12-49)59(60-45(3)39-47(5)65-60)61-46(4)40-48(6)72(61)62(63)64/h9-18,37-42H,8,19-36H2,1-7H3/q-1/b60-59-. The minimum absolute atomic E-state index is 0.301. The lowest BCUT2D eigenvalue weighted by Gasteiger charge is -2.30. The number of allylic oxidation sites excluding steroid dienone is 2. The van der Waals surface area contributed by atoms with E-state index in [0.29, 0.717) is 146 Å². The number of nitrogens with zero attached hydrogens (tertiary/aromatic N) is 8. The Labute approximate surface area is 469 Å². The third-order valence-electron chi connectivity index (χ3n) is 14.4. The molecule has 6 aromatic rings. The Morgan fingerprint density at radius 2 is 1.19 bits per heavy atom. The van der Waals surface area contributed by atoms with Crippen molar-refractivity contribution in [2.45, 2.75) is 48.0 Å². The van der Waals surface area contributed by atoms with Crippen molar-refractivity contribution in [3.05, 3.63) is 142 Å². The average molecular weight is 1100 g/mol. The van der Waals surface area contributed by atoms with Crippen LogP contribution in [0.2, 0.25) is 0 Å². The van der Waals surface area contributed by atoms with Crippen LogP contribution in [-0.4, -0.2) is 158 Å². The van der Waals surface area contributed by atoms with Gasteiger partial charge in [0.05, 0.1) is 101 Å². The van der Waals surface area contributed by atoms with Crippen molar-refractivity contribution in [3.63, 3.8) is 0 Å².